The Morgan fingerprint density at radius 2 is 1.64 bits per heavy atom. The van der Waals surface area contributed by atoms with Gasteiger partial charge in [-0.3, -0.25) is 14.4 Å². The maximum absolute atomic E-state index is 13.6. The molecule has 0 unspecified atom stereocenters. The van der Waals surface area contributed by atoms with E-state index in [0.29, 0.717) is 44.8 Å². The Morgan fingerprint density at radius 1 is 1.02 bits per heavy atom. The molecular weight excluding hydrogens is 581 g/mol. The first-order chi connectivity index (χ1) is 19.9. The number of hydrogen-bond acceptors (Lipinski definition) is 6. The predicted molar refractivity (Wildman–Crippen MR) is 161 cm³/mol. The van der Waals surface area contributed by atoms with Crippen LogP contribution in [-0.2, 0) is 30.3 Å². The molecule has 42 heavy (non-hydrogen) atoms. The van der Waals surface area contributed by atoms with Gasteiger partial charge < -0.3 is 25.0 Å². The highest BCUT2D eigenvalue weighted by atomic mass is 35.5. The van der Waals surface area contributed by atoms with E-state index in [0.717, 1.165) is 5.56 Å². The lowest BCUT2D eigenvalue weighted by molar-refractivity contribution is -0.153. The zero-order valence-corrected chi connectivity index (χ0v) is 25.8. The molecule has 1 heterocycles. The standard InChI is InChI=1S/C31H37Cl2N3O6/c1-30(2)21(12-13-31(30,3)29(40)36-14-16-42-17-15-36)26(37)35-24(28(39)41-4)18-19-8-10-20(11-9-19)34-27(38)25-22(32)6-5-7-23(25)33/h5-11,21,24H,12-18H2,1-4H3,(H,34,38)(H,35,37)/t21-,24+,31+/m1/s1. The second kappa shape index (κ2) is 13.0. The van der Waals surface area contributed by atoms with Crippen molar-refractivity contribution in [3.8, 4) is 0 Å². The summed E-state index contributed by atoms with van der Waals surface area (Å²) >= 11 is 12.3. The third kappa shape index (κ3) is 6.43. The SMILES string of the molecule is COC(=O)[C@H](Cc1ccc(NC(=O)c2c(Cl)cccc2Cl)cc1)NC(=O)[C@H]1CC[C@@](C)(C(=O)N2CCOCC2)C1(C)C. The van der Waals surface area contributed by atoms with Crippen molar-refractivity contribution in [2.45, 2.75) is 46.1 Å². The van der Waals surface area contributed by atoms with E-state index in [-0.39, 0.29) is 33.8 Å². The molecule has 2 fully saturated rings. The van der Waals surface area contributed by atoms with Crippen molar-refractivity contribution in [1.82, 2.24) is 10.2 Å². The molecule has 2 aliphatic rings. The van der Waals surface area contributed by atoms with Gasteiger partial charge in [0.25, 0.3) is 5.91 Å². The molecule has 3 atom stereocenters. The highest BCUT2D eigenvalue weighted by Gasteiger charge is 2.59. The fraction of sp³-hybridized carbons (Fsp3) is 0.484. The average molecular weight is 619 g/mol. The summed E-state index contributed by atoms with van der Waals surface area (Å²) in [5, 5.41) is 6.14. The van der Waals surface area contributed by atoms with E-state index in [1.807, 2.05) is 25.7 Å². The van der Waals surface area contributed by atoms with E-state index in [1.54, 1.807) is 42.5 Å². The van der Waals surface area contributed by atoms with Crippen LogP contribution in [0.1, 0.15) is 49.5 Å². The zero-order valence-electron chi connectivity index (χ0n) is 24.3. The molecule has 0 bridgehead atoms. The van der Waals surface area contributed by atoms with Gasteiger partial charge in [0.1, 0.15) is 6.04 Å². The summed E-state index contributed by atoms with van der Waals surface area (Å²) in [6.07, 6.45) is 1.28. The Bertz CT molecular complexity index is 1320. The van der Waals surface area contributed by atoms with E-state index in [2.05, 4.69) is 10.6 Å². The molecule has 0 spiro atoms. The van der Waals surface area contributed by atoms with Crippen LogP contribution in [0.5, 0.6) is 0 Å². The minimum atomic E-state index is -0.928. The van der Waals surface area contributed by atoms with Gasteiger partial charge in [-0.2, -0.15) is 0 Å². The Labute approximate surface area is 256 Å². The largest absolute Gasteiger partial charge is 0.467 e. The third-order valence-corrected chi connectivity index (χ3v) is 9.59. The Kier molecular flexibility index (Phi) is 9.85. The van der Waals surface area contributed by atoms with E-state index < -0.39 is 34.7 Å². The second-order valence-corrected chi connectivity index (χ2v) is 12.4. The third-order valence-electron chi connectivity index (χ3n) is 8.96. The lowest BCUT2D eigenvalue weighted by atomic mass is 9.64. The fourth-order valence-electron chi connectivity index (χ4n) is 5.93. The van der Waals surface area contributed by atoms with Gasteiger partial charge in [-0.15, -0.1) is 0 Å². The Hall–Kier alpha value is -3.14. The van der Waals surface area contributed by atoms with Crippen molar-refractivity contribution in [3.05, 3.63) is 63.6 Å². The Balaban J connectivity index is 1.43. The van der Waals surface area contributed by atoms with Crippen molar-refractivity contribution in [2.24, 2.45) is 16.7 Å². The number of hydrogen-bond donors (Lipinski definition) is 2. The van der Waals surface area contributed by atoms with Gasteiger partial charge in [-0.05, 0) is 48.1 Å². The lowest BCUT2D eigenvalue weighted by Gasteiger charge is -2.43. The molecule has 226 valence electrons. The number of carbonyl (C=O) groups excluding carboxylic acids is 4. The number of ether oxygens (including phenoxy) is 2. The molecule has 0 aromatic heterocycles. The molecular formula is C31H37Cl2N3O6. The van der Waals surface area contributed by atoms with Crippen LogP contribution in [0.2, 0.25) is 10.0 Å². The lowest BCUT2D eigenvalue weighted by Crippen LogP contribution is -2.54. The van der Waals surface area contributed by atoms with E-state index >= 15 is 0 Å². The number of esters is 1. The summed E-state index contributed by atoms with van der Waals surface area (Å²) in [7, 11) is 1.28. The number of nitrogens with zero attached hydrogens (tertiary/aromatic N) is 1. The molecule has 1 aliphatic heterocycles. The summed E-state index contributed by atoms with van der Waals surface area (Å²) in [5.74, 6) is -1.73. The number of methoxy groups -OCH3 is 1. The molecule has 9 nitrogen and oxygen atoms in total. The first kappa shape index (κ1) is 31.8. The first-order valence-corrected chi connectivity index (χ1v) is 14.7. The zero-order chi connectivity index (χ0) is 30.7. The van der Waals surface area contributed by atoms with Crippen LogP contribution in [0.3, 0.4) is 0 Å². The van der Waals surface area contributed by atoms with E-state index in [1.165, 1.54) is 7.11 Å². The van der Waals surface area contributed by atoms with Crippen LogP contribution in [-0.4, -0.2) is 68.0 Å². The molecule has 11 heteroatoms. The van der Waals surface area contributed by atoms with Gasteiger partial charge >= 0.3 is 5.97 Å². The summed E-state index contributed by atoms with van der Waals surface area (Å²) in [5.41, 5.74) is 0.0721. The Morgan fingerprint density at radius 3 is 2.24 bits per heavy atom. The van der Waals surface area contributed by atoms with Crippen LogP contribution in [0.4, 0.5) is 5.69 Å². The molecule has 3 amide bonds. The molecule has 0 radical (unpaired) electrons. The van der Waals surface area contributed by atoms with Crippen molar-refractivity contribution in [1.29, 1.82) is 0 Å². The maximum atomic E-state index is 13.6. The topological polar surface area (TPSA) is 114 Å². The summed E-state index contributed by atoms with van der Waals surface area (Å²) < 4.78 is 10.4. The van der Waals surface area contributed by atoms with E-state index in [9.17, 15) is 19.2 Å². The van der Waals surface area contributed by atoms with Gasteiger partial charge in [0.2, 0.25) is 11.8 Å². The van der Waals surface area contributed by atoms with Crippen molar-refractivity contribution in [2.75, 3.05) is 38.7 Å². The molecule has 2 N–H and O–H groups in total. The number of amides is 3. The van der Waals surface area contributed by atoms with Crippen molar-refractivity contribution >= 4 is 52.6 Å². The monoisotopic (exact) mass is 617 g/mol. The average Bonchev–Trinajstić information content (AvgIpc) is 3.22. The van der Waals surface area contributed by atoms with Crippen LogP contribution >= 0.6 is 23.2 Å². The fourth-order valence-corrected chi connectivity index (χ4v) is 6.50. The normalized spacial score (nSPS) is 22.2. The van der Waals surface area contributed by atoms with Gasteiger partial charge in [-0.25, -0.2) is 4.79 Å². The van der Waals surface area contributed by atoms with Crippen LogP contribution in [0.25, 0.3) is 0 Å². The van der Waals surface area contributed by atoms with Crippen molar-refractivity contribution < 1.29 is 28.7 Å². The number of rotatable bonds is 8. The molecule has 1 saturated heterocycles. The summed E-state index contributed by atoms with van der Waals surface area (Å²) in [6, 6.07) is 10.8. The number of carbonyl (C=O) groups is 4. The molecule has 1 saturated carbocycles. The number of nitrogens with one attached hydrogen (secondary N) is 2. The van der Waals surface area contributed by atoms with Crippen LogP contribution in [0, 0.1) is 16.7 Å². The number of morpholine rings is 1. The van der Waals surface area contributed by atoms with Crippen LogP contribution in [0.15, 0.2) is 42.5 Å². The van der Waals surface area contributed by atoms with Gasteiger partial charge in [-0.1, -0.05) is 62.2 Å². The number of halogens is 2. The van der Waals surface area contributed by atoms with Gasteiger partial charge in [0.05, 0.1) is 41.3 Å². The molecule has 2 aromatic carbocycles. The number of benzene rings is 2. The quantitative estimate of drug-likeness (QED) is 0.413. The second-order valence-electron chi connectivity index (χ2n) is 11.6. The van der Waals surface area contributed by atoms with Gasteiger partial charge in [0, 0.05) is 31.1 Å². The first-order valence-electron chi connectivity index (χ1n) is 14.0. The smallest absolute Gasteiger partial charge is 0.328 e. The predicted octanol–water partition coefficient (Wildman–Crippen LogP) is 4.75. The minimum absolute atomic E-state index is 0.0413. The molecule has 2 aromatic rings. The summed E-state index contributed by atoms with van der Waals surface area (Å²) in [6.45, 7) is 7.96. The van der Waals surface area contributed by atoms with Crippen molar-refractivity contribution in [3.63, 3.8) is 0 Å². The molecule has 4 rings (SSSR count). The highest BCUT2D eigenvalue weighted by molar-refractivity contribution is 6.40. The minimum Gasteiger partial charge on any atom is -0.467 e. The van der Waals surface area contributed by atoms with E-state index in [4.69, 9.17) is 32.7 Å². The molecule has 1 aliphatic carbocycles. The highest BCUT2D eigenvalue weighted by Crippen LogP contribution is 2.57. The van der Waals surface area contributed by atoms with Gasteiger partial charge in [0.15, 0.2) is 0 Å². The number of anilines is 1. The summed E-state index contributed by atoms with van der Waals surface area (Å²) in [4.78, 5) is 54.4. The maximum Gasteiger partial charge on any atom is 0.328 e. The van der Waals surface area contributed by atoms with Crippen LogP contribution < -0.4 is 10.6 Å².